The lowest BCUT2D eigenvalue weighted by Gasteiger charge is -2.08. The van der Waals surface area contributed by atoms with Gasteiger partial charge < -0.3 is 9.73 Å². The molecule has 20 heavy (non-hydrogen) atoms. The van der Waals surface area contributed by atoms with Gasteiger partial charge in [0.1, 0.15) is 5.76 Å². The van der Waals surface area contributed by atoms with E-state index < -0.39 is 0 Å². The van der Waals surface area contributed by atoms with Crippen molar-refractivity contribution in [2.24, 2.45) is 10.2 Å². The van der Waals surface area contributed by atoms with Crippen molar-refractivity contribution in [1.82, 2.24) is 5.32 Å². The SMILES string of the molecule is C#CCCC1(CCC(=O)N[C@@H]2C[C@H]2c2ccco2)N=N1. The molecule has 1 fully saturated rings. The third-order valence-corrected chi connectivity index (χ3v) is 3.85. The van der Waals surface area contributed by atoms with Crippen molar-refractivity contribution in [3.8, 4) is 12.3 Å². The molecule has 3 rings (SSSR count). The third kappa shape index (κ3) is 2.90. The Balaban J connectivity index is 1.38. The Morgan fingerprint density at radius 3 is 3.05 bits per heavy atom. The second-order valence-electron chi connectivity index (χ2n) is 5.42. The molecule has 1 N–H and O–H groups in total. The summed E-state index contributed by atoms with van der Waals surface area (Å²) in [5.41, 5.74) is -0.367. The fourth-order valence-electron chi connectivity index (χ4n) is 2.43. The van der Waals surface area contributed by atoms with Gasteiger partial charge in [-0.1, -0.05) is 0 Å². The zero-order valence-corrected chi connectivity index (χ0v) is 11.2. The molecule has 1 aliphatic carbocycles. The molecule has 104 valence electrons. The Bertz CT molecular complexity index is 550. The zero-order valence-electron chi connectivity index (χ0n) is 11.2. The van der Waals surface area contributed by atoms with Gasteiger partial charge in [0.2, 0.25) is 5.91 Å². The Morgan fingerprint density at radius 1 is 1.55 bits per heavy atom. The molecular weight excluding hydrogens is 254 g/mol. The lowest BCUT2D eigenvalue weighted by atomic mass is 10.0. The second-order valence-corrected chi connectivity index (χ2v) is 5.42. The minimum Gasteiger partial charge on any atom is -0.469 e. The van der Waals surface area contributed by atoms with Crippen molar-refractivity contribution in [3.63, 3.8) is 0 Å². The van der Waals surface area contributed by atoms with Crippen molar-refractivity contribution < 1.29 is 9.21 Å². The first kappa shape index (κ1) is 12.9. The average molecular weight is 271 g/mol. The monoisotopic (exact) mass is 271 g/mol. The van der Waals surface area contributed by atoms with E-state index >= 15 is 0 Å². The largest absolute Gasteiger partial charge is 0.469 e. The van der Waals surface area contributed by atoms with Crippen LogP contribution in [0.4, 0.5) is 0 Å². The number of hydrogen-bond donors (Lipinski definition) is 1. The van der Waals surface area contributed by atoms with E-state index in [9.17, 15) is 4.79 Å². The molecule has 0 unspecified atom stereocenters. The van der Waals surface area contributed by atoms with Crippen molar-refractivity contribution in [2.45, 2.75) is 49.7 Å². The molecule has 0 spiro atoms. The number of rotatable bonds is 7. The topological polar surface area (TPSA) is 67.0 Å². The maximum atomic E-state index is 11.9. The van der Waals surface area contributed by atoms with Crippen LogP contribution in [-0.4, -0.2) is 17.6 Å². The highest BCUT2D eigenvalue weighted by Crippen LogP contribution is 2.41. The number of furan rings is 1. The van der Waals surface area contributed by atoms with Crippen LogP contribution in [0.3, 0.4) is 0 Å². The summed E-state index contributed by atoms with van der Waals surface area (Å²) in [5, 5.41) is 11.1. The molecule has 1 saturated carbocycles. The maximum Gasteiger partial charge on any atom is 0.220 e. The van der Waals surface area contributed by atoms with E-state index in [0.717, 1.165) is 18.6 Å². The normalized spacial score (nSPS) is 24.9. The molecule has 0 bridgehead atoms. The van der Waals surface area contributed by atoms with Gasteiger partial charge in [0.15, 0.2) is 5.66 Å². The Morgan fingerprint density at radius 2 is 2.40 bits per heavy atom. The van der Waals surface area contributed by atoms with Crippen molar-refractivity contribution >= 4 is 5.91 Å². The smallest absolute Gasteiger partial charge is 0.220 e. The fraction of sp³-hybridized carbons (Fsp3) is 0.533. The zero-order chi connectivity index (χ0) is 14.0. The third-order valence-electron chi connectivity index (χ3n) is 3.85. The van der Waals surface area contributed by atoms with Crippen molar-refractivity contribution in [3.05, 3.63) is 24.2 Å². The summed E-state index contributed by atoms with van der Waals surface area (Å²) in [6, 6.07) is 4.04. The molecule has 2 aliphatic rings. The van der Waals surface area contributed by atoms with Crippen molar-refractivity contribution in [1.29, 1.82) is 0 Å². The van der Waals surface area contributed by atoms with E-state index in [2.05, 4.69) is 21.5 Å². The van der Waals surface area contributed by atoms with E-state index in [0.29, 0.717) is 25.2 Å². The van der Waals surface area contributed by atoms with Gasteiger partial charge in [-0.05, 0) is 18.6 Å². The average Bonchev–Trinajstić information content (AvgIpc) is 3.34. The second kappa shape index (κ2) is 5.12. The van der Waals surface area contributed by atoms with Gasteiger partial charge in [-0.2, -0.15) is 10.2 Å². The number of nitrogens with one attached hydrogen (secondary N) is 1. The highest BCUT2D eigenvalue weighted by molar-refractivity contribution is 5.77. The lowest BCUT2D eigenvalue weighted by molar-refractivity contribution is -0.121. The van der Waals surface area contributed by atoms with Gasteiger partial charge in [-0.25, -0.2) is 0 Å². The predicted molar refractivity (Wildman–Crippen MR) is 72.9 cm³/mol. The highest BCUT2D eigenvalue weighted by Gasteiger charge is 2.43. The molecule has 1 aromatic rings. The summed E-state index contributed by atoms with van der Waals surface area (Å²) >= 11 is 0. The van der Waals surface area contributed by atoms with E-state index in [4.69, 9.17) is 10.8 Å². The standard InChI is InChI=1S/C15H17N3O2/c1-2-3-7-15(17-18-15)8-6-14(19)16-12-10-11(12)13-5-4-9-20-13/h1,4-5,9,11-12H,3,6-8,10H2,(H,16,19)/t11-,12-/m1/s1. The molecule has 0 saturated heterocycles. The number of carbonyl (C=O) groups excluding carboxylic acids is 1. The molecule has 0 radical (unpaired) electrons. The molecule has 5 heteroatoms. The minimum absolute atomic E-state index is 0.0569. The highest BCUT2D eigenvalue weighted by atomic mass is 16.3. The molecule has 1 aromatic heterocycles. The van der Waals surface area contributed by atoms with Crippen LogP contribution >= 0.6 is 0 Å². The number of amides is 1. The van der Waals surface area contributed by atoms with Crippen LogP contribution in [0.1, 0.15) is 43.8 Å². The molecule has 1 amide bonds. The van der Waals surface area contributed by atoms with E-state index in [1.54, 1.807) is 6.26 Å². The summed E-state index contributed by atoms with van der Waals surface area (Å²) in [4.78, 5) is 11.9. The van der Waals surface area contributed by atoms with Crippen LogP contribution in [0.2, 0.25) is 0 Å². The Kier molecular flexibility index (Phi) is 3.31. The number of carbonyl (C=O) groups is 1. The van der Waals surface area contributed by atoms with Gasteiger partial charge >= 0.3 is 0 Å². The Labute approximate surface area is 117 Å². The number of nitrogens with zero attached hydrogens (tertiary/aromatic N) is 2. The first-order chi connectivity index (χ1) is 9.72. The quantitative estimate of drug-likeness (QED) is 0.774. The number of hydrogen-bond acceptors (Lipinski definition) is 4. The maximum absolute atomic E-state index is 11.9. The minimum atomic E-state index is -0.367. The fourth-order valence-corrected chi connectivity index (χ4v) is 2.43. The molecule has 1 aliphatic heterocycles. The predicted octanol–water partition coefficient (Wildman–Crippen LogP) is 2.61. The number of terminal acetylenes is 1. The summed E-state index contributed by atoms with van der Waals surface area (Å²) in [6.45, 7) is 0. The summed E-state index contributed by atoms with van der Waals surface area (Å²) in [6.07, 6.45) is 10.3. The van der Waals surface area contributed by atoms with Crippen LogP contribution in [0.15, 0.2) is 33.0 Å². The van der Waals surface area contributed by atoms with Crippen LogP contribution in [-0.2, 0) is 4.79 Å². The summed E-state index contributed by atoms with van der Waals surface area (Å²) < 4.78 is 5.34. The van der Waals surface area contributed by atoms with Gasteiger partial charge in [0.05, 0.1) is 6.26 Å². The van der Waals surface area contributed by atoms with Crippen molar-refractivity contribution in [2.75, 3.05) is 0 Å². The Hall–Kier alpha value is -2.09. The van der Waals surface area contributed by atoms with Gasteiger partial charge in [-0.3, -0.25) is 4.79 Å². The van der Waals surface area contributed by atoms with Crippen LogP contribution < -0.4 is 5.32 Å². The summed E-state index contributed by atoms with van der Waals surface area (Å²) in [7, 11) is 0. The summed E-state index contributed by atoms with van der Waals surface area (Å²) in [5.74, 6) is 3.93. The van der Waals surface area contributed by atoms with Gasteiger partial charge in [0, 0.05) is 37.6 Å². The van der Waals surface area contributed by atoms with E-state index in [1.807, 2.05) is 12.1 Å². The molecule has 5 nitrogen and oxygen atoms in total. The van der Waals surface area contributed by atoms with Crippen LogP contribution in [0.25, 0.3) is 0 Å². The molecule has 0 aromatic carbocycles. The first-order valence-corrected chi connectivity index (χ1v) is 6.93. The van der Waals surface area contributed by atoms with E-state index in [-0.39, 0.29) is 17.6 Å². The molecular formula is C15H17N3O2. The van der Waals surface area contributed by atoms with Gasteiger partial charge in [-0.15, -0.1) is 12.3 Å². The van der Waals surface area contributed by atoms with E-state index in [1.165, 1.54) is 0 Å². The van der Waals surface area contributed by atoms with Crippen LogP contribution in [0.5, 0.6) is 0 Å². The molecule has 2 atom stereocenters. The molecule has 2 heterocycles. The van der Waals surface area contributed by atoms with Gasteiger partial charge in [0.25, 0.3) is 0 Å². The first-order valence-electron chi connectivity index (χ1n) is 6.93. The van der Waals surface area contributed by atoms with Crippen LogP contribution in [0, 0.1) is 12.3 Å². The lowest BCUT2D eigenvalue weighted by Crippen LogP contribution is -2.27.